The lowest BCUT2D eigenvalue weighted by atomic mass is 10.0. The summed E-state index contributed by atoms with van der Waals surface area (Å²) in [6.07, 6.45) is 1.46. The van der Waals surface area contributed by atoms with Crippen LogP contribution in [0.2, 0.25) is 0 Å². The lowest BCUT2D eigenvalue weighted by Gasteiger charge is -2.13. The molecule has 6 nitrogen and oxygen atoms in total. The van der Waals surface area contributed by atoms with Gasteiger partial charge in [-0.15, -0.1) is 0 Å². The predicted molar refractivity (Wildman–Crippen MR) is 110 cm³/mol. The number of hydrogen-bond donors (Lipinski definition) is 2. The highest BCUT2D eigenvalue weighted by Gasteiger charge is 2.24. The van der Waals surface area contributed by atoms with Crippen LogP contribution in [0.5, 0.6) is 5.75 Å². The highest BCUT2D eigenvalue weighted by Crippen LogP contribution is 2.32. The molecule has 0 bridgehead atoms. The molecule has 2 N–H and O–H groups in total. The minimum Gasteiger partial charge on any atom is -0.497 e. The summed E-state index contributed by atoms with van der Waals surface area (Å²) >= 11 is 0. The fourth-order valence-corrected chi connectivity index (χ4v) is 3.08. The van der Waals surface area contributed by atoms with Crippen LogP contribution in [0.4, 0.5) is 11.4 Å². The SMILES string of the molecule is CCC(CC)C(=O)Nc1c(C(=O)Nc2ccc(OC)cc2)oc2ccccc12. The van der Waals surface area contributed by atoms with E-state index in [1.54, 1.807) is 37.4 Å². The number of ether oxygens (including phenoxy) is 1. The fraction of sp³-hybridized carbons (Fsp3) is 0.273. The molecular formula is C22H24N2O4. The van der Waals surface area contributed by atoms with Gasteiger partial charge in [0, 0.05) is 17.0 Å². The van der Waals surface area contributed by atoms with Crippen molar-refractivity contribution < 1.29 is 18.7 Å². The second-order valence-electron chi connectivity index (χ2n) is 6.49. The van der Waals surface area contributed by atoms with Crippen LogP contribution in [0.15, 0.2) is 52.9 Å². The quantitative estimate of drug-likeness (QED) is 0.600. The number of fused-ring (bicyclic) bond motifs is 1. The highest BCUT2D eigenvalue weighted by molar-refractivity contribution is 6.14. The monoisotopic (exact) mass is 380 g/mol. The number of rotatable bonds is 7. The first-order valence-corrected chi connectivity index (χ1v) is 9.35. The number of amides is 2. The maximum Gasteiger partial charge on any atom is 0.293 e. The number of para-hydroxylation sites is 1. The summed E-state index contributed by atoms with van der Waals surface area (Å²) in [5, 5.41) is 6.40. The smallest absolute Gasteiger partial charge is 0.293 e. The molecule has 146 valence electrons. The molecule has 0 saturated carbocycles. The van der Waals surface area contributed by atoms with E-state index in [4.69, 9.17) is 9.15 Å². The van der Waals surface area contributed by atoms with E-state index >= 15 is 0 Å². The van der Waals surface area contributed by atoms with Crippen LogP contribution in [0.1, 0.15) is 37.2 Å². The molecule has 2 aromatic carbocycles. The number of carbonyl (C=O) groups excluding carboxylic acids is 2. The average Bonchev–Trinajstić information content (AvgIpc) is 3.08. The van der Waals surface area contributed by atoms with Gasteiger partial charge in [-0.1, -0.05) is 26.0 Å². The van der Waals surface area contributed by atoms with Crippen molar-refractivity contribution in [2.24, 2.45) is 5.92 Å². The fourth-order valence-electron chi connectivity index (χ4n) is 3.08. The molecule has 0 aliphatic rings. The molecule has 1 aromatic heterocycles. The molecule has 0 unspecified atom stereocenters. The zero-order valence-electron chi connectivity index (χ0n) is 16.2. The number of methoxy groups -OCH3 is 1. The number of carbonyl (C=O) groups is 2. The van der Waals surface area contributed by atoms with Crippen LogP contribution in [0.25, 0.3) is 11.0 Å². The number of anilines is 2. The Hall–Kier alpha value is -3.28. The van der Waals surface area contributed by atoms with Crippen molar-refractivity contribution in [3.05, 3.63) is 54.3 Å². The first-order valence-electron chi connectivity index (χ1n) is 9.35. The van der Waals surface area contributed by atoms with Gasteiger partial charge in [-0.3, -0.25) is 9.59 Å². The van der Waals surface area contributed by atoms with Crippen LogP contribution in [-0.4, -0.2) is 18.9 Å². The Morgan fingerprint density at radius 3 is 2.32 bits per heavy atom. The van der Waals surface area contributed by atoms with Crippen LogP contribution in [-0.2, 0) is 4.79 Å². The van der Waals surface area contributed by atoms with Gasteiger partial charge in [0.2, 0.25) is 11.7 Å². The van der Waals surface area contributed by atoms with Crippen LogP contribution in [0, 0.1) is 5.92 Å². The molecule has 0 aliphatic heterocycles. The van der Waals surface area contributed by atoms with E-state index < -0.39 is 5.91 Å². The first-order chi connectivity index (χ1) is 13.6. The third-order valence-electron chi connectivity index (χ3n) is 4.75. The molecule has 2 amide bonds. The zero-order chi connectivity index (χ0) is 20.1. The lowest BCUT2D eigenvalue weighted by molar-refractivity contribution is -0.120. The summed E-state index contributed by atoms with van der Waals surface area (Å²) in [5.74, 6) is 0.110. The van der Waals surface area contributed by atoms with Crippen LogP contribution >= 0.6 is 0 Å². The van der Waals surface area contributed by atoms with Crippen molar-refractivity contribution >= 4 is 34.2 Å². The van der Waals surface area contributed by atoms with E-state index in [9.17, 15) is 9.59 Å². The summed E-state index contributed by atoms with van der Waals surface area (Å²) in [6.45, 7) is 3.94. The van der Waals surface area contributed by atoms with E-state index in [0.717, 1.165) is 12.8 Å². The molecule has 0 fully saturated rings. The van der Waals surface area contributed by atoms with E-state index in [1.165, 1.54) is 0 Å². The number of benzene rings is 2. The van der Waals surface area contributed by atoms with Crippen molar-refractivity contribution in [3.63, 3.8) is 0 Å². The highest BCUT2D eigenvalue weighted by atomic mass is 16.5. The van der Waals surface area contributed by atoms with Crippen molar-refractivity contribution in [3.8, 4) is 5.75 Å². The third kappa shape index (κ3) is 4.01. The van der Waals surface area contributed by atoms with Crippen molar-refractivity contribution in [2.75, 3.05) is 17.7 Å². The Labute approximate surface area is 163 Å². The Morgan fingerprint density at radius 2 is 1.68 bits per heavy atom. The van der Waals surface area contributed by atoms with E-state index in [-0.39, 0.29) is 17.6 Å². The molecule has 0 spiro atoms. The van der Waals surface area contributed by atoms with Crippen molar-refractivity contribution in [1.82, 2.24) is 0 Å². The molecule has 0 saturated heterocycles. The minimum atomic E-state index is -0.429. The summed E-state index contributed by atoms with van der Waals surface area (Å²) < 4.78 is 10.9. The van der Waals surface area contributed by atoms with Gasteiger partial charge in [-0.2, -0.15) is 0 Å². The second kappa shape index (κ2) is 8.61. The van der Waals surface area contributed by atoms with Gasteiger partial charge < -0.3 is 19.8 Å². The topological polar surface area (TPSA) is 80.6 Å². The Kier molecular flexibility index (Phi) is 5.99. The third-order valence-corrected chi connectivity index (χ3v) is 4.75. The van der Waals surface area contributed by atoms with E-state index in [1.807, 2.05) is 32.0 Å². The van der Waals surface area contributed by atoms with Gasteiger partial charge in [0.1, 0.15) is 17.0 Å². The van der Waals surface area contributed by atoms with E-state index in [0.29, 0.717) is 28.1 Å². The van der Waals surface area contributed by atoms with Crippen LogP contribution in [0.3, 0.4) is 0 Å². The molecule has 0 radical (unpaired) electrons. The van der Waals surface area contributed by atoms with E-state index in [2.05, 4.69) is 10.6 Å². The molecule has 3 aromatic rings. The number of hydrogen-bond acceptors (Lipinski definition) is 4. The summed E-state index contributed by atoms with van der Waals surface area (Å²) in [6, 6.07) is 14.2. The molecule has 0 aliphatic carbocycles. The van der Waals surface area contributed by atoms with Crippen molar-refractivity contribution in [2.45, 2.75) is 26.7 Å². The normalized spacial score (nSPS) is 10.9. The number of furan rings is 1. The summed E-state index contributed by atoms with van der Waals surface area (Å²) in [4.78, 5) is 25.5. The predicted octanol–water partition coefficient (Wildman–Crippen LogP) is 5.07. The summed E-state index contributed by atoms with van der Waals surface area (Å²) in [7, 11) is 1.58. The van der Waals surface area contributed by atoms with Gasteiger partial charge in [0.05, 0.1) is 7.11 Å². The van der Waals surface area contributed by atoms with Crippen molar-refractivity contribution in [1.29, 1.82) is 0 Å². The second-order valence-corrected chi connectivity index (χ2v) is 6.49. The Morgan fingerprint density at radius 1 is 1.00 bits per heavy atom. The molecule has 28 heavy (non-hydrogen) atoms. The standard InChI is InChI=1S/C22H24N2O4/c1-4-14(5-2)21(25)24-19-17-8-6-7-9-18(17)28-20(19)22(26)23-15-10-12-16(27-3)13-11-15/h6-14H,4-5H2,1-3H3,(H,23,26)(H,24,25). The Bertz CT molecular complexity index is 972. The zero-order valence-corrected chi connectivity index (χ0v) is 16.2. The van der Waals surface area contributed by atoms with Crippen LogP contribution < -0.4 is 15.4 Å². The molecule has 3 rings (SSSR count). The Balaban J connectivity index is 1.92. The maximum atomic E-state index is 12.9. The number of nitrogens with one attached hydrogen (secondary N) is 2. The molecule has 0 atom stereocenters. The van der Waals surface area contributed by atoms with Gasteiger partial charge in [-0.25, -0.2) is 0 Å². The molecular weight excluding hydrogens is 356 g/mol. The van der Waals surface area contributed by atoms with Gasteiger partial charge in [0.15, 0.2) is 0 Å². The van der Waals surface area contributed by atoms with Gasteiger partial charge >= 0.3 is 0 Å². The van der Waals surface area contributed by atoms with Gasteiger partial charge in [0.25, 0.3) is 5.91 Å². The maximum absolute atomic E-state index is 12.9. The lowest BCUT2D eigenvalue weighted by Crippen LogP contribution is -2.23. The molecule has 1 heterocycles. The molecule has 6 heteroatoms. The first kappa shape index (κ1) is 19.5. The average molecular weight is 380 g/mol. The van der Waals surface area contributed by atoms with Gasteiger partial charge in [-0.05, 0) is 49.2 Å². The minimum absolute atomic E-state index is 0.0799. The summed E-state index contributed by atoms with van der Waals surface area (Å²) in [5.41, 5.74) is 1.55. The largest absolute Gasteiger partial charge is 0.497 e.